The number of carbonyl (C=O) groups excluding carboxylic acids is 1. The standard InChI is InChI=1S/C19H24Cl2N4O3S3/c1-12(2)10-29-19-24-23-18(30-19)22-17(26)13-5-4-8-25(9-13)31(27,28)11-14-15(20)6-3-7-16(14)21/h3,6-7,12-13H,4-5,8-11H2,1-2H3,(H,22,23,26)/t13-/m0/s1. The molecular formula is C19H24Cl2N4O3S3. The molecule has 3 rings (SSSR count). The number of carbonyl (C=O) groups is 1. The second kappa shape index (κ2) is 10.8. The Bertz CT molecular complexity index is 1010. The molecule has 7 nitrogen and oxygen atoms in total. The number of rotatable bonds is 8. The summed E-state index contributed by atoms with van der Waals surface area (Å²) >= 11 is 15.2. The first-order valence-corrected chi connectivity index (χ1v) is 14.0. The number of nitrogens with zero attached hydrogens (tertiary/aromatic N) is 3. The van der Waals surface area contributed by atoms with E-state index in [0.29, 0.717) is 46.0 Å². The van der Waals surface area contributed by atoms with Crippen LogP contribution in [-0.4, -0.2) is 47.7 Å². The van der Waals surface area contributed by atoms with Crippen molar-refractivity contribution in [3.8, 4) is 0 Å². The van der Waals surface area contributed by atoms with Gasteiger partial charge in [-0.15, -0.1) is 10.2 Å². The van der Waals surface area contributed by atoms with Crippen LogP contribution in [0.1, 0.15) is 32.3 Å². The van der Waals surface area contributed by atoms with Gasteiger partial charge in [-0.1, -0.05) is 66.2 Å². The molecule has 1 fully saturated rings. The van der Waals surface area contributed by atoms with Crippen LogP contribution in [0.25, 0.3) is 0 Å². The van der Waals surface area contributed by atoms with E-state index in [0.717, 1.165) is 10.1 Å². The third-order valence-corrected chi connectivity index (χ3v) is 9.59. The first-order valence-electron chi connectivity index (χ1n) is 9.83. The van der Waals surface area contributed by atoms with Crippen LogP contribution in [0.15, 0.2) is 22.5 Å². The molecule has 0 radical (unpaired) electrons. The number of anilines is 1. The van der Waals surface area contributed by atoms with E-state index < -0.39 is 15.9 Å². The molecule has 0 unspecified atom stereocenters. The molecule has 0 spiro atoms. The Morgan fingerprint density at radius 1 is 1.32 bits per heavy atom. The number of benzene rings is 1. The third kappa shape index (κ3) is 6.79. The molecule has 12 heteroatoms. The summed E-state index contributed by atoms with van der Waals surface area (Å²) < 4.78 is 28.1. The largest absolute Gasteiger partial charge is 0.300 e. The second-order valence-corrected chi connectivity index (χ2v) is 12.7. The van der Waals surface area contributed by atoms with Gasteiger partial charge < -0.3 is 5.32 Å². The molecule has 0 saturated carbocycles. The molecule has 1 aromatic heterocycles. The minimum atomic E-state index is -3.68. The van der Waals surface area contributed by atoms with E-state index >= 15 is 0 Å². The van der Waals surface area contributed by atoms with Crippen LogP contribution in [0, 0.1) is 11.8 Å². The number of halogens is 2. The van der Waals surface area contributed by atoms with E-state index in [9.17, 15) is 13.2 Å². The van der Waals surface area contributed by atoms with Crippen molar-refractivity contribution >= 4 is 67.4 Å². The number of thioether (sulfide) groups is 1. The number of piperidine rings is 1. The molecule has 2 aromatic rings. The molecule has 1 aliphatic rings. The lowest BCUT2D eigenvalue weighted by Gasteiger charge is -2.31. The molecule has 1 aromatic carbocycles. The maximum atomic E-state index is 13.0. The summed E-state index contributed by atoms with van der Waals surface area (Å²) in [5.74, 6) is 0.455. The first kappa shape index (κ1) is 24.7. The molecule has 0 aliphatic carbocycles. The van der Waals surface area contributed by atoms with E-state index in [4.69, 9.17) is 23.2 Å². The molecule has 0 bridgehead atoms. The predicted octanol–water partition coefficient (Wildman–Crippen LogP) is 4.77. The minimum absolute atomic E-state index is 0.115. The van der Waals surface area contributed by atoms with Crippen LogP contribution >= 0.6 is 46.3 Å². The second-order valence-electron chi connectivity index (χ2n) is 7.72. The normalized spacial score (nSPS) is 17.8. The summed E-state index contributed by atoms with van der Waals surface area (Å²) in [6.07, 6.45) is 1.21. The van der Waals surface area contributed by atoms with E-state index in [1.165, 1.54) is 15.6 Å². The van der Waals surface area contributed by atoms with Crippen molar-refractivity contribution in [2.75, 3.05) is 24.2 Å². The summed E-state index contributed by atoms with van der Waals surface area (Å²) in [5, 5.41) is 12.0. The highest BCUT2D eigenvalue weighted by Crippen LogP contribution is 2.30. The summed E-state index contributed by atoms with van der Waals surface area (Å²) in [6, 6.07) is 4.89. The molecule has 1 aliphatic heterocycles. The molecule has 1 atom stereocenters. The van der Waals surface area contributed by atoms with Gasteiger partial charge in [-0.2, -0.15) is 0 Å². The van der Waals surface area contributed by atoms with Gasteiger partial charge in [0.1, 0.15) is 0 Å². The lowest BCUT2D eigenvalue weighted by Crippen LogP contribution is -2.44. The Labute approximate surface area is 201 Å². The number of aromatic nitrogens is 2. The van der Waals surface area contributed by atoms with Gasteiger partial charge in [0.2, 0.25) is 21.1 Å². The fourth-order valence-electron chi connectivity index (χ4n) is 3.12. The molecule has 31 heavy (non-hydrogen) atoms. The fraction of sp³-hybridized carbons (Fsp3) is 0.526. The molecule has 2 heterocycles. The topological polar surface area (TPSA) is 92.3 Å². The predicted molar refractivity (Wildman–Crippen MR) is 127 cm³/mol. The quantitative estimate of drug-likeness (QED) is 0.396. The summed E-state index contributed by atoms with van der Waals surface area (Å²) in [4.78, 5) is 12.7. The van der Waals surface area contributed by atoms with E-state index in [2.05, 4.69) is 29.4 Å². The van der Waals surface area contributed by atoms with Crippen molar-refractivity contribution < 1.29 is 13.2 Å². The van der Waals surface area contributed by atoms with E-state index in [-0.39, 0.29) is 18.2 Å². The molecule has 1 amide bonds. The van der Waals surface area contributed by atoms with Gasteiger partial charge in [0.05, 0.1) is 11.7 Å². The van der Waals surface area contributed by atoms with Gasteiger partial charge >= 0.3 is 0 Å². The van der Waals surface area contributed by atoms with Crippen molar-refractivity contribution in [3.05, 3.63) is 33.8 Å². The lowest BCUT2D eigenvalue weighted by atomic mass is 9.99. The summed E-state index contributed by atoms with van der Waals surface area (Å²) in [6.45, 7) is 4.73. The number of sulfonamides is 1. The SMILES string of the molecule is CC(C)CSc1nnc(NC(=O)[C@H]2CCCN(S(=O)(=O)Cc3c(Cl)cccc3Cl)C2)s1. The van der Waals surface area contributed by atoms with Crippen LogP contribution in [0.5, 0.6) is 0 Å². The van der Waals surface area contributed by atoms with Crippen LogP contribution < -0.4 is 5.32 Å². The molecular weight excluding hydrogens is 499 g/mol. The van der Waals surface area contributed by atoms with Crippen molar-refractivity contribution in [2.45, 2.75) is 36.8 Å². The van der Waals surface area contributed by atoms with Crippen LogP contribution in [-0.2, 0) is 20.6 Å². The Kier molecular flexibility index (Phi) is 8.62. The van der Waals surface area contributed by atoms with Crippen molar-refractivity contribution in [2.24, 2.45) is 11.8 Å². The molecule has 1 saturated heterocycles. The van der Waals surface area contributed by atoms with Gasteiger partial charge in [-0.3, -0.25) is 4.79 Å². The van der Waals surface area contributed by atoms with Crippen LogP contribution in [0.4, 0.5) is 5.13 Å². The highest BCUT2D eigenvalue weighted by Gasteiger charge is 2.33. The highest BCUT2D eigenvalue weighted by atomic mass is 35.5. The first-order chi connectivity index (χ1) is 14.7. The summed E-state index contributed by atoms with van der Waals surface area (Å²) in [7, 11) is -3.68. The van der Waals surface area contributed by atoms with Crippen LogP contribution in [0.2, 0.25) is 10.0 Å². The Balaban J connectivity index is 1.62. The van der Waals surface area contributed by atoms with Crippen molar-refractivity contribution in [1.82, 2.24) is 14.5 Å². The zero-order valence-corrected chi connectivity index (χ0v) is 21.1. The van der Waals surface area contributed by atoms with Gasteiger partial charge in [-0.25, -0.2) is 12.7 Å². The van der Waals surface area contributed by atoms with E-state index in [1.54, 1.807) is 30.0 Å². The third-order valence-electron chi connectivity index (χ3n) is 4.71. The van der Waals surface area contributed by atoms with Gasteiger partial charge in [-0.05, 0) is 30.9 Å². The fourth-order valence-corrected chi connectivity index (χ4v) is 7.21. The smallest absolute Gasteiger partial charge is 0.230 e. The maximum Gasteiger partial charge on any atom is 0.230 e. The maximum absolute atomic E-state index is 13.0. The summed E-state index contributed by atoms with van der Waals surface area (Å²) in [5.41, 5.74) is 0.373. The Hall–Kier alpha value is -0.910. The van der Waals surface area contributed by atoms with Crippen molar-refractivity contribution in [3.63, 3.8) is 0 Å². The average molecular weight is 524 g/mol. The van der Waals surface area contributed by atoms with Crippen LogP contribution in [0.3, 0.4) is 0 Å². The Morgan fingerprint density at radius 3 is 2.71 bits per heavy atom. The van der Waals surface area contributed by atoms with Gasteiger partial charge in [0.15, 0.2) is 4.34 Å². The zero-order chi connectivity index (χ0) is 22.6. The Morgan fingerprint density at radius 2 is 2.03 bits per heavy atom. The highest BCUT2D eigenvalue weighted by molar-refractivity contribution is 8.01. The molecule has 170 valence electrons. The number of hydrogen-bond acceptors (Lipinski definition) is 7. The minimum Gasteiger partial charge on any atom is -0.300 e. The zero-order valence-electron chi connectivity index (χ0n) is 17.2. The number of hydrogen-bond donors (Lipinski definition) is 1. The lowest BCUT2D eigenvalue weighted by molar-refractivity contribution is -0.120. The van der Waals surface area contributed by atoms with Crippen molar-refractivity contribution in [1.29, 1.82) is 0 Å². The molecule has 1 N–H and O–H groups in total. The van der Waals surface area contributed by atoms with E-state index in [1.807, 2.05) is 0 Å². The number of nitrogens with one attached hydrogen (secondary N) is 1. The monoisotopic (exact) mass is 522 g/mol. The number of amides is 1. The van der Waals surface area contributed by atoms with Gasteiger partial charge in [0.25, 0.3) is 0 Å². The van der Waals surface area contributed by atoms with Gasteiger partial charge in [0, 0.05) is 34.5 Å². The average Bonchev–Trinajstić information content (AvgIpc) is 3.17.